The van der Waals surface area contributed by atoms with Gasteiger partial charge in [0.15, 0.2) is 4.77 Å². The lowest BCUT2D eigenvalue weighted by molar-refractivity contribution is 0.637. The van der Waals surface area contributed by atoms with Gasteiger partial charge >= 0.3 is 0 Å². The highest BCUT2D eigenvalue weighted by Gasteiger charge is 2.13. The average Bonchev–Trinajstić information content (AvgIpc) is 2.71. The predicted molar refractivity (Wildman–Crippen MR) is 78.4 cm³/mol. The highest BCUT2D eigenvalue weighted by atomic mass is 35.5. The van der Waals surface area contributed by atoms with Crippen molar-refractivity contribution < 1.29 is 4.39 Å². The van der Waals surface area contributed by atoms with Crippen LogP contribution >= 0.6 is 35.4 Å². The van der Waals surface area contributed by atoms with Crippen molar-refractivity contribution in [3.05, 3.63) is 57.0 Å². The zero-order valence-electron chi connectivity index (χ0n) is 9.45. The van der Waals surface area contributed by atoms with Crippen molar-refractivity contribution >= 4 is 46.5 Å². The molecule has 1 N–H and O–H groups in total. The summed E-state index contributed by atoms with van der Waals surface area (Å²) >= 11 is 17.4. The highest BCUT2D eigenvalue weighted by Crippen LogP contribution is 2.31. The van der Waals surface area contributed by atoms with Gasteiger partial charge < -0.3 is 4.98 Å². The van der Waals surface area contributed by atoms with Crippen LogP contribution in [0.3, 0.4) is 0 Å². The molecule has 1 heterocycles. The Morgan fingerprint density at radius 2 is 1.84 bits per heavy atom. The zero-order chi connectivity index (χ0) is 13.6. The SMILES string of the molecule is Fc1cccc2c1[nH]c(=S)n2-c1cccc(Cl)c1Cl. The molecule has 2 aromatic carbocycles. The highest BCUT2D eigenvalue weighted by molar-refractivity contribution is 7.71. The van der Waals surface area contributed by atoms with Crippen LogP contribution in [0.2, 0.25) is 10.0 Å². The van der Waals surface area contributed by atoms with E-state index in [9.17, 15) is 4.39 Å². The molecule has 96 valence electrons. The fourth-order valence-electron chi connectivity index (χ4n) is 2.00. The number of nitrogens with one attached hydrogen (secondary N) is 1. The second-order valence-corrected chi connectivity index (χ2v) is 5.14. The molecule has 0 fully saturated rings. The van der Waals surface area contributed by atoms with Crippen LogP contribution in [0.5, 0.6) is 0 Å². The molecule has 6 heteroatoms. The maximum Gasteiger partial charge on any atom is 0.182 e. The molecule has 0 aliphatic heterocycles. The van der Waals surface area contributed by atoms with Crippen molar-refractivity contribution in [1.82, 2.24) is 9.55 Å². The quantitative estimate of drug-likeness (QED) is 0.617. The van der Waals surface area contributed by atoms with Gasteiger partial charge in [0.2, 0.25) is 0 Å². The summed E-state index contributed by atoms with van der Waals surface area (Å²) in [5.74, 6) is -0.361. The number of H-pyrrole nitrogens is 1. The number of aromatic amines is 1. The number of nitrogens with zero attached hydrogens (tertiary/aromatic N) is 1. The molecule has 0 bridgehead atoms. The van der Waals surface area contributed by atoms with E-state index in [1.165, 1.54) is 6.07 Å². The second-order valence-electron chi connectivity index (χ2n) is 3.97. The summed E-state index contributed by atoms with van der Waals surface area (Å²) in [7, 11) is 0. The molecule has 19 heavy (non-hydrogen) atoms. The van der Waals surface area contributed by atoms with Crippen molar-refractivity contribution in [3.8, 4) is 5.69 Å². The molecule has 0 amide bonds. The van der Waals surface area contributed by atoms with E-state index in [0.29, 0.717) is 31.5 Å². The molecular formula is C13H7Cl2FN2S. The number of hydrogen-bond donors (Lipinski definition) is 1. The number of para-hydroxylation sites is 1. The smallest absolute Gasteiger partial charge is 0.182 e. The van der Waals surface area contributed by atoms with Crippen LogP contribution in [0.4, 0.5) is 4.39 Å². The lowest BCUT2D eigenvalue weighted by Crippen LogP contribution is -1.95. The summed E-state index contributed by atoms with van der Waals surface area (Å²) in [5, 5.41) is 0.803. The third-order valence-electron chi connectivity index (χ3n) is 2.84. The van der Waals surface area contributed by atoms with Crippen LogP contribution in [0, 0.1) is 10.6 Å². The van der Waals surface area contributed by atoms with E-state index in [1.54, 1.807) is 34.9 Å². The van der Waals surface area contributed by atoms with Crippen LogP contribution in [-0.2, 0) is 0 Å². The summed E-state index contributed by atoms with van der Waals surface area (Å²) in [5.41, 5.74) is 1.59. The number of benzene rings is 2. The van der Waals surface area contributed by atoms with Gasteiger partial charge in [-0.2, -0.15) is 0 Å². The molecule has 0 saturated carbocycles. The van der Waals surface area contributed by atoms with Gasteiger partial charge in [-0.25, -0.2) is 4.39 Å². The Morgan fingerprint density at radius 1 is 1.11 bits per heavy atom. The Balaban J connectivity index is 2.44. The Bertz CT molecular complexity index is 838. The normalized spacial score (nSPS) is 11.1. The van der Waals surface area contributed by atoms with E-state index >= 15 is 0 Å². The first-order valence-electron chi connectivity index (χ1n) is 5.43. The molecule has 0 radical (unpaired) electrons. The van der Waals surface area contributed by atoms with Crippen LogP contribution < -0.4 is 0 Å². The lowest BCUT2D eigenvalue weighted by atomic mass is 10.2. The lowest BCUT2D eigenvalue weighted by Gasteiger charge is -2.08. The molecular weight excluding hydrogens is 306 g/mol. The van der Waals surface area contributed by atoms with Gasteiger partial charge in [-0.3, -0.25) is 4.57 Å². The minimum atomic E-state index is -0.361. The number of aromatic nitrogens is 2. The van der Waals surface area contributed by atoms with Crippen LogP contribution in [0.15, 0.2) is 36.4 Å². The topological polar surface area (TPSA) is 20.7 Å². The van der Waals surface area contributed by atoms with Crippen molar-refractivity contribution in [2.45, 2.75) is 0 Å². The van der Waals surface area contributed by atoms with Gasteiger partial charge in [0, 0.05) is 0 Å². The molecule has 2 nitrogen and oxygen atoms in total. The summed E-state index contributed by atoms with van der Waals surface area (Å²) in [6.07, 6.45) is 0. The molecule has 1 aromatic heterocycles. The predicted octanol–water partition coefficient (Wildman–Crippen LogP) is 5.13. The molecule has 0 saturated heterocycles. The standard InChI is InChI=1S/C13H7Cl2FN2S/c14-7-3-1-5-9(11(7)15)18-10-6-2-4-8(16)12(10)17-13(18)19/h1-6H,(H,17,19). The Morgan fingerprint density at radius 3 is 2.63 bits per heavy atom. The fourth-order valence-corrected chi connectivity index (χ4v) is 2.68. The minimum absolute atomic E-state index is 0.351. The van der Waals surface area contributed by atoms with Crippen molar-refractivity contribution in [2.24, 2.45) is 0 Å². The van der Waals surface area contributed by atoms with Gasteiger partial charge in [0.05, 0.1) is 21.2 Å². The molecule has 0 spiro atoms. The van der Waals surface area contributed by atoms with Crippen LogP contribution in [-0.4, -0.2) is 9.55 Å². The van der Waals surface area contributed by atoms with Crippen molar-refractivity contribution in [1.29, 1.82) is 0 Å². The van der Waals surface area contributed by atoms with Gasteiger partial charge in [-0.05, 0) is 36.5 Å². The third kappa shape index (κ3) is 1.96. The van der Waals surface area contributed by atoms with E-state index in [4.69, 9.17) is 35.4 Å². The molecule has 3 aromatic rings. The molecule has 0 unspecified atom stereocenters. The van der Waals surface area contributed by atoms with Crippen LogP contribution in [0.1, 0.15) is 0 Å². The molecule has 0 aliphatic carbocycles. The first-order valence-corrected chi connectivity index (χ1v) is 6.59. The van der Waals surface area contributed by atoms with Gasteiger partial charge in [0.1, 0.15) is 11.3 Å². The van der Waals surface area contributed by atoms with Crippen LogP contribution in [0.25, 0.3) is 16.7 Å². The van der Waals surface area contributed by atoms with E-state index in [1.807, 2.05) is 0 Å². The largest absolute Gasteiger partial charge is 0.328 e. The number of rotatable bonds is 1. The Kier molecular flexibility index (Phi) is 3.09. The van der Waals surface area contributed by atoms with E-state index in [2.05, 4.69) is 4.98 Å². The monoisotopic (exact) mass is 312 g/mol. The van der Waals surface area contributed by atoms with E-state index in [0.717, 1.165) is 0 Å². The third-order valence-corrected chi connectivity index (χ3v) is 3.93. The number of halogens is 3. The maximum atomic E-state index is 13.7. The summed E-state index contributed by atoms with van der Waals surface area (Å²) in [4.78, 5) is 2.84. The molecule has 0 aliphatic rings. The zero-order valence-corrected chi connectivity index (χ0v) is 11.8. The van der Waals surface area contributed by atoms with Gasteiger partial charge in [-0.1, -0.05) is 35.3 Å². The average molecular weight is 313 g/mol. The maximum absolute atomic E-state index is 13.7. The van der Waals surface area contributed by atoms with Gasteiger partial charge in [-0.15, -0.1) is 0 Å². The number of hydrogen-bond acceptors (Lipinski definition) is 1. The molecule has 0 atom stereocenters. The summed E-state index contributed by atoms with van der Waals surface area (Å²) in [6, 6.07) is 9.99. The van der Waals surface area contributed by atoms with Crippen molar-refractivity contribution in [3.63, 3.8) is 0 Å². The van der Waals surface area contributed by atoms with Crippen molar-refractivity contribution in [2.75, 3.05) is 0 Å². The summed E-state index contributed by atoms with van der Waals surface area (Å²) in [6.45, 7) is 0. The summed E-state index contributed by atoms with van der Waals surface area (Å²) < 4.78 is 15.8. The Hall–Kier alpha value is -1.36. The second kappa shape index (κ2) is 4.63. The minimum Gasteiger partial charge on any atom is -0.328 e. The van der Waals surface area contributed by atoms with Gasteiger partial charge in [0.25, 0.3) is 0 Å². The molecule has 3 rings (SSSR count). The first-order chi connectivity index (χ1) is 9.09. The number of fused-ring (bicyclic) bond motifs is 1. The Labute approximate surface area is 123 Å². The van der Waals surface area contributed by atoms with E-state index in [-0.39, 0.29) is 5.82 Å². The first kappa shape index (κ1) is 12.7. The number of imidazole rings is 1. The van der Waals surface area contributed by atoms with E-state index < -0.39 is 0 Å². The fraction of sp³-hybridized carbons (Fsp3) is 0.